The molecule has 0 aliphatic heterocycles. The molecule has 0 aromatic carbocycles. The minimum Gasteiger partial charge on any atom is -0.462 e. The zero-order chi connectivity index (χ0) is 50.0. The topological polar surface area (TPSA) is 78.9 Å². The summed E-state index contributed by atoms with van der Waals surface area (Å²) in [4.78, 5) is 38.1. The summed E-state index contributed by atoms with van der Waals surface area (Å²) in [5, 5.41) is 0. The van der Waals surface area contributed by atoms with Crippen molar-refractivity contribution in [1.29, 1.82) is 0 Å². The summed E-state index contributed by atoms with van der Waals surface area (Å²) in [6.07, 6.45) is 78.6. The summed E-state index contributed by atoms with van der Waals surface area (Å²) in [6, 6.07) is 0. The Morgan fingerprint density at radius 1 is 0.290 bits per heavy atom. The van der Waals surface area contributed by atoms with Crippen LogP contribution in [0.5, 0.6) is 0 Å². The van der Waals surface area contributed by atoms with Crippen LogP contribution < -0.4 is 0 Å². The molecule has 0 amide bonds. The molecule has 0 saturated heterocycles. The molecular weight excluding hydrogens is 853 g/mol. The van der Waals surface area contributed by atoms with Crippen LogP contribution in [0.15, 0.2) is 134 Å². The Bertz CT molecular complexity index is 1510. The van der Waals surface area contributed by atoms with E-state index in [1.807, 2.05) is 0 Å². The first-order valence-corrected chi connectivity index (χ1v) is 27.7. The van der Waals surface area contributed by atoms with E-state index in [2.05, 4.69) is 154 Å². The molecule has 0 aliphatic rings. The van der Waals surface area contributed by atoms with Gasteiger partial charge in [0.1, 0.15) is 13.2 Å². The van der Waals surface area contributed by atoms with Crippen molar-refractivity contribution >= 4 is 17.9 Å². The molecular formula is C63H100O6. The number of esters is 3. The molecule has 0 N–H and O–H groups in total. The predicted octanol–water partition coefficient (Wildman–Crippen LogP) is 18.6. The first kappa shape index (κ1) is 64.5. The lowest BCUT2D eigenvalue weighted by Gasteiger charge is -2.18. The smallest absolute Gasteiger partial charge is 0.306 e. The van der Waals surface area contributed by atoms with Crippen LogP contribution in [0.1, 0.15) is 226 Å². The number of carbonyl (C=O) groups excluding carboxylic acids is 3. The highest BCUT2D eigenvalue weighted by atomic mass is 16.6. The lowest BCUT2D eigenvalue weighted by atomic mass is 10.1. The highest BCUT2D eigenvalue weighted by Gasteiger charge is 2.19. The van der Waals surface area contributed by atoms with Crippen LogP contribution >= 0.6 is 0 Å². The van der Waals surface area contributed by atoms with Crippen LogP contribution in [0, 0.1) is 0 Å². The second kappa shape index (κ2) is 56.1. The maximum Gasteiger partial charge on any atom is 0.306 e. The van der Waals surface area contributed by atoms with E-state index in [4.69, 9.17) is 14.2 Å². The van der Waals surface area contributed by atoms with Crippen LogP contribution in [0.4, 0.5) is 0 Å². The number of carbonyl (C=O) groups is 3. The molecule has 6 heteroatoms. The second-order valence-electron chi connectivity index (χ2n) is 17.7. The van der Waals surface area contributed by atoms with E-state index >= 15 is 0 Å². The summed E-state index contributed by atoms with van der Waals surface area (Å²) in [5.41, 5.74) is 0. The molecule has 0 fully saturated rings. The van der Waals surface area contributed by atoms with Gasteiger partial charge in [0.15, 0.2) is 6.10 Å². The number of unbranched alkanes of at least 4 members (excludes halogenated alkanes) is 15. The van der Waals surface area contributed by atoms with Gasteiger partial charge in [-0.25, -0.2) is 0 Å². The highest BCUT2D eigenvalue weighted by molar-refractivity contribution is 5.71. The van der Waals surface area contributed by atoms with E-state index in [0.717, 1.165) is 173 Å². The average Bonchev–Trinajstić information content (AvgIpc) is 3.35. The third-order valence-corrected chi connectivity index (χ3v) is 11.1. The molecule has 0 heterocycles. The molecule has 0 aliphatic carbocycles. The molecule has 0 saturated carbocycles. The fraction of sp³-hybridized carbons (Fsp3) is 0.603. The lowest BCUT2D eigenvalue weighted by Crippen LogP contribution is -2.30. The zero-order valence-corrected chi connectivity index (χ0v) is 44.3. The van der Waals surface area contributed by atoms with Crippen molar-refractivity contribution in [3.8, 4) is 0 Å². The quantitative estimate of drug-likeness (QED) is 0.0262. The van der Waals surface area contributed by atoms with Gasteiger partial charge >= 0.3 is 17.9 Å². The van der Waals surface area contributed by atoms with Crippen LogP contribution in [0.25, 0.3) is 0 Å². The fourth-order valence-electron chi connectivity index (χ4n) is 7.08. The predicted molar refractivity (Wildman–Crippen MR) is 297 cm³/mol. The van der Waals surface area contributed by atoms with Gasteiger partial charge in [-0.1, -0.05) is 212 Å². The fourth-order valence-corrected chi connectivity index (χ4v) is 7.08. The van der Waals surface area contributed by atoms with Crippen LogP contribution in [0.3, 0.4) is 0 Å². The molecule has 69 heavy (non-hydrogen) atoms. The summed E-state index contributed by atoms with van der Waals surface area (Å²) >= 11 is 0. The van der Waals surface area contributed by atoms with Gasteiger partial charge in [0.05, 0.1) is 0 Å². The molecule has 0 radical (unpaired) electrons. The molecule has 0 aromatic rings. The van der Waals surface area contributed by atoms with E-state index < -0.39 is 6.10 Å². The number of allylic oxidation sites excluding steroid dienone is 22. The van der Waals surface area contributed by atoms with Crippen molar-refractivity contribution in [3.63, 3.8) is 0 Å². The van der Waals surface area contributed by atoms with Crippen molar-refractivity contribution < 1.29 is 28.6 Å². The van der Waals surface area contributed by atoms with E-state index in [1.54, 1.807) is 0 Å². The second-order valence-corrected chi connectivity index (χ2v) is 17.7. The maximum atomic E-state index is 12.8. The number of hydrogen-bond donors (Lipinski definition) is 0. The first-order valence-electron chi connectivity index (χ1n) is 27.7. The molecule has 388 valence electrons. The summed E-state index contributed by atoms with van der Waals surface area (Å²) in [5.74, 6) is -0.966. The summed E-state index contributed by atoms with van der Waals surface area (Å²) in [6.45, 7) is 6.24. The van der Waals surface area contributed by atoms with Gasteiger partial charge in [0, 0.05) is 19.3 Å². The summed E-state index contributed by atoms with van der Waals surface area (Å²) in [7, 11) is 0. The number of ether oxygens (including phenoxy) is 3. The van der Waals surface area contributed by atoms with Gasteiger partial charge in [0.2, 0.25) is 0 Å². The molecule has 0 spiro atoms. The maximum absolute atomic E-state index is 12.8. The lowest BCUT2D eigenvalue weighted by molar-refractivity contribution is -0.167. The largest absolute Gasteiger partial charge is 0.462 e. The SMILES string of the molecule is CC/C=C\C/C=C\C/C=C\C/C=C\CCCCCCCCC(=O)OCC(COC(=O)CCCCCCC/C=C\C/C=C\C/C=C\CC)OC(=O)CCCCCC/C=C\C/C=C\C/C=C\C/C=C\CC. The zero-order valence-electron chi connectivity index (χ0n) is 44.3. The van der Waals surface area contributed by atoms with Crippen molar-refractivity contribution in [2.75, 3.05) is 13.2 Å². The Morgan fingerprint density at radius 2 is 0.522 bits per heavy atom. The van der Waals surface area contributed by atoms with E-state index in [0.29, 0.717) is 12.8 Å². The van der Waals surface area contributed by atoms with E-state index in [9.17, 15) is 14.4 Å². The van der Waals surface area contributed by atoms with Crippen molar-refractivity contribution in [2.24, 2.45) is 0 Å². The molecule has 0 aromatic heterocycles. The summed E-state index contributed by atoms with van der Waals surface area (Å²) < 4.78 is 16.8. The minimum absolute atomic E-state index is 0.106. The van der Waals surface area contributed by atoms with Crippen LogP contribution in [0.2, 0.25) is 0 Å². The Labute approximate surface area is 424 Å². The average molecular weight is 953 g/mol. The number of hydrogen-bond acceptors (Lipinski definition) is 6. The third-order valence-electron chi connectivity index (χ3n) is 11.1. The normalized spacial score (nSPS) is 13.1. The number of rotatable bonds is 48. The van der Waals surface area contributed by atoms with E-state index in [1.165, 1.54) is 12.8 Å². The van der Waals surface area contributed by atoms with Gasteiger partial charge in [-0.3, -0.25) is 14.4 Å². The molecule has 6 nitrogen and oxygen atoms in total. The van der Waals surface area contributed by atoms with Crippen molar-refractivity contribution in [3.05, 3.63) is 134 Å². The van der Waals surface area contributed by atoms with Gasteiger partial charge in [-0.05, 0) is 128 Å². The van der Waals surface area contributed by atoms with Crippen molar-refractivity contribution in [2.45, 2.75) is 232 Å². The van der Waals surface area contributed by atoms with Gasteiger partial charge in [-0.15, -0.1) is 0 Å². The Balaban J connectivity index is 4.51. The Kier molecular flexibility index (Phi) is 52.5. The van der Waals surface area contributed by atoms with Gasteiger partial charge < -0.3 is 14.2 Å². The molecule has 0 bridgehead atoms. The Hall–Kier alpha value is -4.45. The first-order chi connectivity index (χ1) is 34.0. The monoisotopic (exact) mass is 953 g/mol. The molecule has 0 rings (SSSR count). The standard InChI is InChI=1S/C63H100O6/c1-4-7-10-13-16-19-22-25-28-30-31-33-35-38-41-44-47-50-53-56-62(65)68-59-60(58-67-61(64)55-52-49-46-43-40-37-34-27-24-21-18-15-12-9-6-3)69-63(66)57-54-51-48-45-42-39-36-32-29-26-23-20-17-14-11-8-5-2/h7-12,16-21,25-29,31,33-34,36,39,60H,4-6,13-15,22-24,30,32,35,37-38,40-59H2,1-3H3/b10-7-,11-8-,12-9-,19-16-,20-17-,21-18-,28-25-,29-26-,33-31-,34-27-,39-36-. The Morgan fingerprint density at radius 3 is 0.812 bits per heavy atom. The minimum atomic E-state index is -0.810. The van der Waals surface area contributed by atoms with Gasteiger partial charge in [-0.2, -0.15) is 0 Å². The van der Waals surface area contributed by atoms with Crippen LogP contribution in [-0.4, -0.2) is 37.2 Å². The molecule has 1 atom stereocenters. The molecule has 1 unspecified atom stereocenters. The highest BCUT2D eigenvalue weighted by Crippen LogP contribution is 2.13. The van der Waals surface area contributed by atoms with Crippen molar-refractivity contribution in [1.82, 2.24) is 0 Å². The van der Waals surface area contributed by atoms with E-state index in [-0.39, 0.29) is 37.5 Å². The van der Waals surface area contributed by atoms with Crippen LogP contribution in [-0.2, 0) is 28.6 Å². The van der Waals surface area contributed by atoms with Gasteiger partial charge in [0.25, 0.3) is 0 Å². The third kappa shape index (κ3) is 54.4.